The fourth-order valence-electron chi connectivity index (χ4n) is 2.63. The van der Waals surface area contributed by atoms with E-state index in [2.05, 4.69) is 5.10 Å². The standard InChI is InChI=1S/C19H21N3O3/c1-14-11-16(20-21(14)2)19(24)22(12-15-7-4-3-5-8-15)13-17(23)18-9-6-10-25-18/h3-11,17,23H,12-13H2,1-2H3/t17-/m0/s1. The number of hydrogen-bond acceptors (Lipinski definition) is 4. The second kappa shape index (κ2) is 7.36. The van der Waals surface area contributed by atoms with E-state index < -0.39 is 6.10 Å². The number of nitrogens with zero attached hydrogens (tertiary/aromatic N) is 3. The lowest BCUT2D eigenvalue weighted by Gasteiger charge is -2.24. The third kappa shape index (κ3) is 3.97. The maximum absolute atomic E-state index is 12.9. The van der Waals surface area contributed by atoms with E-state index >= 15 is 0 Å². The van der Waals surface area contributed by atoms with Gasteiger partial charge in [0.2, 0.25) is 0 Å². The van der Waals surface area contributed by atoms with Gasteiger partial charge in [-0.25, -0.2) is 0 Å². The molecule has 6 heteroatoms. The zero-order valence-electron chi connectivity index (χ0n) is 14.3. The lowest BCUT2D eigenvalue weighted by atomic mass is 10.1. The van der Waals surface area contributed by atoms with Crippen molar-refractivity contribution in [1.82, 2.24) is 14.7 Å². The third-order valence-electron chi connectivity index (χ3n) is 4.10. The number of aliphatic hydroxyl groups is 1. The number of carbonyl (C=O) groups excluding carboxylic acids is 1. The Kier molecular flexibility index (Phi) is 5.00. The summed E-state index contributed by atoms with van der Waals surface area (Å²) in [7, 11) is 1.80. The van der Waals surface area contributed by atoms with Gasteiger partial charge in [0.05, 0.1) is 12.8 Å². The Morgan fingerprint density at radius 2 is 2.04 bits per heavy atom. The molecule has 0 saturated carbocycles. The van der Waals surface area contributed by atoms with Crippen molar-refractivity contribution < 1.29 is 14.3 Å². The number of rotatable bonds is 6. The van der Waals surface area contributed by atoms with Crippen LogP contribution in [0.5, 0.6) is 0 Å². The summed E-state index contributed by atoms with van der Waals surface area (Å²) in [5, 5.41) is 14.7. The summed E-state index contributed by atoms with van der Waals surface area (Å²) >= 11 is 0. The topological polar surface area (TPSA) is 71.5 Å². The fourth-order valence-corrected chi connectivity index (χ4v) is 2.63. The highest BCUT2D eigenvalue weighted by atomic mass is 16.4. The fraction of sp³-hybridized carbons (Fsp3) is 0.263. The van der Waals surface area contributed by atoms with Crippen LogP contribution in [-0.4, -0.2) is 32.2 Å². The van der Waals surface area contributed by atoms with E-state index in [-0.39, 0.29) is 12.5 Å². The van der Waals surface area contributed by atoms with Crippen molar-refractivity contribution in [3.05, 3.63) is 77.5 Å². The van der Waals surface area contributed by atoms with Crippen LogP contribution in [0.3, 0.4) is 0 Å². The van der Waals surface area contributed by atoms with Crippen LogP contribution in [0.1, 0.15) is 33.6 Å². The Labute approximate surface area is 146 Å². The van der Waals surface area contributed by atoms with Gasteiger partial charge in [-0.3, -0.25) is 9.48 Å². The molecule has 0 radical (unpaired) electrons. The van der Waals surface area contributed by atoms with Gasteiger partial charge in [-0.15, -0.1) is 0 Å². The van der Waals surface area contributed by atoms with Gasteiger partial charge in [-0.1, -0.05) is 30.3 Å². The summed E-state index contributed by atoms with van der Waals surface area (Å²) in [5.41, 5.74) is 2.24. The number of aromatic nitrogens is 2. The zero-order chi connectivity index (χ0) is 17.8. The molecule has 130 valence electrons. The minimum Gasteiger partial charge on any atom is -0.467 e. The quantitative estimate of drug-likeness (QED) is 0.749. The van der Waals surface area contributed by atoms with Gasteiger partial charge in [0, 0.05) is 19.3 Å². The van der Waals surface area contributed by atoms with E-state index in [0.29, 0.717) is 18.0 Å². The van der Waals surface area contributed by atoms with Crippen molar-refractivity contribution in [2.45, 2.75) is 19.6 Å². The van der Waals surface area contributed by atoms with E-state index in [1.165, 1.54) is 6.26 Å². The molecule has 0 bridgehead atoms. The number of amides is 1. The summed E-state index contributed by atoms with van der Waals surface area (Å²) in [6.45, 7) is 2.40. The first-order valence-electron chi connectivity index (χ1n) is 8.10. The molecule has 25 heavy (non-hydrogen) atoms. The Balaban J connectivity index is 1.83. The first kappa shape index (κ1) is 17.0. The molecule has 3 rings (SSSR count). The average Bonchev–Trinajstić information content (AvgIpc) is 3.25. The van der Waals surface area contributed by atoms with Gasteiger partial charge in [0.15, 0.2) is 5.69 Å². The second-order valence-corrected chi connectivity index (χ2v) is 6.00. The van der Waals surface area contributed by atoms with Gasteiger partial charge in [0.1, 0.15) is 11.9 Å². The normalized spacial score (nSPS) is 12.1. The molecule has 1 atom stereocenters. The third-order valence-corrected chi connectivity index (χ3v) is 4.10. The van der Waals surface area contributed by atoms with Gasteiger partial charge < -0.3 is 14.4 Å². The number of hydrogen-bond donors (Lipinski definition) is 1. The van der Waals surface area contributed by atoms with Gasteiger partial charge in [-0.2, -0.15) is 5.10 Å². The van der Waals surface area contributed by atoms with Crippen molar-refractivity contribution >= 4 is 5.91 Å². The summed E-state index contributed by atoms with van der Waals surface area (Å²) in [6.07, 6.45) is 0.608. The SMILES string of the molecule is Cc1cc(C(=O)N(Cc2ccccc2)C[C@H](O)c2ccco2)nn1C. The molecule has 3 aromatic rings. The van der Waals surface area contributed by atoms with Crippen molar-refractivity contribution in [2.75, 3.05) is 6.54 Å². The van der Waals surface area contributed by atoms with Crippen molar-refractivity contribution in [1.29, 1.82) is 0 Å². The van der Waals surface area contributed by atoms with Crippen LogP contribution in [-0.2, 0) is 13.6 Å². The Morgan fingerprint density at radius 3 is 2.64 bits per heavy atom. The molecule has 0 aliphatic heterocycles. The molecule has 1 aromatic carbocycles. The van der Waals surface area contributed by atoms with Crippen LogP contribution in [0, 0.1) is 6.92 Å². The maximum Gasteiger partial charge on any atom is 0.274 e. The molecule has 0 saturated heterocycles. The molecule has 0 fully saturated rings. The Bertz CT molecular complexity index is 805. The van der Waals surface area contributed by atoms with Gasteiger partial charge in [-0.05, 0) is 30.7 Å². The predicted octanol–water partition coefficient (Wildman–Crippen LogP) is 2.70. The van der Waals surface area contributed by atoms with Crippen LogP contribution < -0.4 is 0 Å². The van der Waals surface area contributed by atoms with E-state index in [1.54, 1.807) is 34.8 Å². The monoisotopic (exact) mass is 339 g/mol. The molecule has 0 spiro atoms. The van der Waals surface area contributed by atoms with Crippen molar-refractivity contribution in [2.24, 2.45) is 7.05 Å². The highest BCUT2D eigenvalue weighted by molar-refractivity contribution is 5.92. The highest BCUT2D eigenvalue weighted by Crippen LogP contribution is 2.18. The number of aliphatic hydroxyl groups excluding tert-OH is 1. The summed E-state index contributed by atoms with van der Waals surface area (Å²) in [4.78, 5) is 14.5. The molecule has 0 aliphatic carbocycles. The smallest absolute Gasteiger partial charge is 0.274 e. The number of carbonyl (C=O) groups is 1. The first-order valence-corrected chi connectivity index (χ1v) is 8.10. The molecule has 1 amide bonds. The lowest BCUT2D eigenvalue weighted by Crippen LogP contribution is -2.34. The molecular weight excluding hydrogens is 318 g/mol. The van der Waals surface area contributed by atoms with Crippen LogP contribution in [0.15, 0.2) is 59.2 Å². The minimum atomic E-state index is -0.896. The Morgan fingerprint density at radius 1 is 1.28 bits per heavy atom. The average molecular weight is 339 g/mol. The van der Waals surface area contributed by atoms with Crippen LogP contribution in [0.25, 0.3) is 0 Å². The lowest BCUT2D eigenvalue weighted by molar-refractivity contribution is 0.0557. The van der Waals surface area contributed by atoms with Crippen LogP contribution >= 0.6 is 0 Å². The zero-order valence-corrected chi connectivity index (χ0v) is 14.3. The number of benzene rings is 1. The van der Waals surface area contributed by atoms with E-state index in [9.17, 15) is 9.90 Å². The largest absolute Gasteiger partial charge is 0.467 e. The number of furan rings is 1. The van der Waals surface area contributed by atoms with Gasteiger partial charge in [0.25, 0.3) is 5.91 Å². The van der Waals surface area contributed by atoms with Crippen molar-refractivity contribution in [3.63, 3.8) is 0 Å². The minimum absolute atomic E-state index is 0.122. The van der Waals surface area contributed by atoms with Crippen LogP contribution in [0.2, 0.25) is 0 Å². The summed E-state index contributed by atoms with van der Waals surface area (Å²) < 4.78 is 6.91. The Hall–Kier alpha value is -2.86. The van der Waals surface area contributed by atoms with E-state index in [0.717, 1.165) is 11.3 Å². The molecule has 0 unspecified atom stereocenters. The first-order chi connectivity index (χ1) is 12.0. The molecule has 1 N–H and O–H groups in total. The second-order valence-electron chi connectivity index (χ2n) is 6.00. The highest BCUT2D eigenvalue weighted by Gasteiger charge is 2.23. The predicted molar refractivity (Wildman–Crippen MR) is 92.8 cm³/mol. The molecule has 6 nitrogen and oxygen atoms in total. The summed E-state index contributed by atoms with van der Waals surface area (Å²) in [6, 6.07) is 14.8. The van der Waals surface area contributed by atoms with E-state index in [4.69, 9.17) is 4.42 Å². The molecule has 2 aromatic heterocycles. The van der Waals surface area contributed by atoms with Gasteiger partial charge >= 0.3 is 0 Å². The summed E-state index contributed by atoms with van der Waals surface area (Å²) in [5.74, 6) is 0.209. The molecular formula is C19H21N3O3. The number of aryl methyl sites for hydroxylation is 2. The molecule has 2 heterocycles. The maximum atomic E-state index is 12.9. The van der Waals surface area contributed by atoms with E-state index in [1.807, 2.05) is 37.3 Å². The van der Waals surface area contributed by atoms with Crippen LogP contribution in [0.4, 0.5) is 0 Å². The van der Waals surface area contributed by atoms with Crippen molar-refractivity contribution in [3.8, 4) is 0 Å². The molecule has 0 aliphatic rings.